The van der Waals surface area contributed by atoms with Crippen LogP contribution in [-0.2, 0) is 32.7 Å². The lowest BCUT2D eigenvalue weighted by molar-refractivity contribution is -0.161. The van der Waals surface area contributed by atoms with Gasteiger partial charge in [-0.05, 0) is 51.4 Å². The van der Waals surface area contributed by atoms with E-state index < -0.39 is 32.5 Å². The number of allylic oxidation sites excluding steroid dienone is 12. The van der Waals surface area contributed by atoms with Crippen molar-refractivity contribution < 1.29 is 37.6 Å². The number of esters is 2. The molecule has 0 bridgehead atoms. The Hall–Kier alpha value is -2.55. The molecule has 0 rings (SSSR count). The van der Waals surface area contributed by atoms with Gasteiger partial charge in [0, 0.05) is 19.4 Å². The molecule has 466 valence electrons. The van der Waals surface area contributed by atoms with Crippen LogP contribution in [0.3, 0.4) is 0 Å². The largest absolute Gasteiger partial charge is 0.472 e. The van der Waals surface area contributed by atoms with Crippen molar-refractivity contribution in [2.75, 3.05) is 26.4 Å². The maximum atomic E-state index is 12.7. The average Bonchev–Trinajstić information content (AvgIpc) is 3.45. The second kappa shape index (κ2) is 65.6. The fourth-order valence-corrected chi connectivity index (χ4v) is 10.7. The molecule has 0 saturated heterocycles. The van der Waals surface area contributed by atoms with E-state index in [-0.39, 0.29) is 32.6 Å². The third kappa shape index (κ3) is 64.6. The van der Waals surface area contributed by atoms with Crippen LogP contribution in [0.15, 0.2) is 72.9 Å². The Morgan fingerprint density at radius 3 is 1.00 bits per heavy atom. The molecule has 0 aliphatic rings. The van der Waals surface area contributed by atoms with Gasteiger partial charge in [0.2, 0.25) is 0 Å². The first-order valence-corrected chi connectivity index (χ1v) is 35.4. The second-order valence-electron chi connectivity index (χ2n) is 22.7. The van der Waals surface area contributed by atoms with Crippen molar-refractivity contribution in [1.82, 2.24) is 0 Å². The van der Waals surface area contributed by atoms with E-state index in [1.165, 1.54) is 238 Å². The molecule has 0 aliphatic carbocycles. The maximum absolute atomic E-state index is 12.7. The third-order valence-corrected chi connectivity index (χ3v) is 15.9. The Balaban J connectivity index is 3.79. The highest BCUT2D eigenvalue weighted by Gasteiger charge is 2.26. The molecule has 80 heavy (non-hydrogen) atoms. The van der Waals surface area contributed by atoms with Gasteiger partial charge in [0.25, 0.3) is 0 Å². The summed E-state index contributed by atoms with van der Waals surface area (Å²) in [6.07, 6.45) is 86.2. The standard InChI is InChI=1S/C70H128NO8P/c1-3-5-7-9-11-13-15-17-19-21-23-24-25-26-27-28-29-30-31-32-33-34-35-36-37-38-39-40-41-42-43-45-46-48-50-52-54-56-58-60-62-69(72)76-66-68(67-78-80(74,75)77-65-64-71)79-70(73)63-61-59-57-55-53-51-49-47-44-22-20-18-16-14-12-10-8-6-4-2/h6,8,12,14,18,20,44,47,51,53,57,59,68H,3-5,7,9-11,13,15-17,19,21-43,45-46,48-50,52,54-56,58,60-67,71H2,1-2H3,(H,74,75)/b8-6-,14-12-,20-18-,47-44-,53-51-,59-57-. The van der Waals surface area contributed by atoms with Crippen LogP contribution in [0.5, 0.6) is 0 Å². The molecule has 0 aliphatic heterocycles. The molecule has 2 unspecified atom stereocenters. The Bertz CT molecular complexity index is 1540. The van der Waals surface area contributed by atoms with E-state index in [4.69, 9.17) is 24.3 Å². The van der Waals surface area contributed by atoms with Gasteiger partial charge in [-0.2, -0.15) is 0 Å². The lowest BCUT2D eigenvalue weighted by atomic mass is 10.0. The van der Waals surface area contributed by atoms with Gasteiger partial charge in [-0.15, -0.1) is 0 Å². The van der Waals surface area contributed by atoms with Gasteiger partial charge >= 0.3 is 19.8 Å². The number of unbranched alkanes of at least 4 members (excludes halogenated alkanes) is 39. The topological polar surface area (TPSA) is 134 Å². The molecule has 0 aromatic carbocycles. The SMILES string of the molecule is CC/C=C\C/C=C\C/C=C\C/C=C\C/C=C\C/C=C\CCC(=O)OC(COC(=O)CCCCCCCCCCCCCCCCCCCCCCCCCCCCCCCCCCCCCCCCCC)COP(=O)(O)OCCN. The lowest BCUT2D eigenvalue weighted by Gasteiger charge is -2.19. The Morgan fingerprint density at radius 1 is 0.388 bits per heavy atom. The zero-order valence-corrected chi connectivity index (χ0v) is 53.2. The van der Waals surface area contributed by atoms with E-state index in [9.17, 15) is 19.0 Å². The minimum absolute atomic E-state index is 0.0400. The van der Waals surface area contributed by atoms with Gasteiger partial charge in [0.05, 0.1) is 13.2 Å². The second-order valence-corrected chi connectivity index (χ2v) is 24.1. The van der Waals surface area contributed by atoms with Crippen LogP contribution in [0.4, 0.5) is 0 Å². The molecule has 10 heteroatoms. The van der Waals surface area contributed by atoms with E-state index in [1.807, 2.05) is 12.2 Å². The number of nitrogens with two attached hydrogens (primary N) is 1. The fraction of sp³-hybridized carbons (Fsp3) is 0.800. The normalized spacial score (nSPS) is 13.4. The number of hydrogen-bond donors (Lipinski definition) is 2. The summed E-state index contributed by atoms with van der Waals surface area (Å²) >= 11 is 0. The maximum Gasteiger partial charge on any atom is 0.472 e. The Kier molecular flexibility index (Phi) is 63.5. The predicted octanol–water partition coefficient (Wildman–Crippen LogP) is 22.0. The molecular weight excluding hydrogens is 1010 g/mol. The summed E-state index contributed by atoms with van der Waals surface area (Å²) < 4.78 is 33.0. The van der Waals surface area contributed by atoms with Crippen molar-refractivity contribution in [3.63, 3.8) is 0 Å². The molecule has 0 saturated carbocycles. The zero-order chi connectivity index (χ0) is 58.0. The number of ether oxygens (including phenoxy) is 2. The molecular formula is C70H128NO8P. The number of phosphoric ester groups is 1. The highest BCUT2D eigenvalue weighted by atomic mass is 31.2. The molecule has 0 aromatic rings. The Morgan fingerprint density at radius 2 is 0.688 bits per heavy atom. The smallest absolute Gasteiger partial charge is 0.462 e. The lowest BCUT2D eigenvalue weighted by Crippen LogP contribution is -2.29. The molecule has 9 nitrogen and oxygen atoms in total. The minimum Gasteiger partial charge on any atom is -0.462 e. The van der Waals surface area contributed by atoms with E-state index >= 15 is 0 Å². The van der Waals surface area contributed by atoms with Crippen molar-refractivity contribution in [2.24, 2.45) is 5.73 Å². The number of carbonyl (C=O) groups is 2. The third-order valence-electron chi connectivity index (χ3n) is 14.9. The predicted molar refractivity (Wildman–Crippen MR) is 344 cm³/mol. The highest BCUT2D eigenvalue weighted by Crippen LogP contribution is 2.43. The molecule has 0 radical (unpaired) electrons. The van der Waals surface area contributed by atoms with Crippen molar-refractivity contribution in [3.05, 3.63) is 72.9 Å². The van der Waals surface area contributed by atoms with Crippen LogP contribution >= 0.6 is 7.82 Å². The van der Waals surface area contributed by atoms with E-state index in [0.717, 1.165) is 57.8 Å². The molecule has 2 atom stereocenters. The summed E-state index contributed by atoms with van der Waals surface area (Å²) in [5, 5.41) is 0. The van der Waals surface area contributed by atoms with Crippen LogP contribution in [0.1, 0.15) is 328 Å². The monoisotopic (exact) mass is 1140 g/mol. The van der Waals surface area contributed by atoms with E-state index in [0.29, 0.717) is 6.42 Å². The van der Waals surface area contributed by atoms with Crippen LogP contribution in [0, 0.1) is 0 Å². The minimum atomic E-state index is -4.41. The van der Waals surface area contributed by atoms with Gasteiger partial charge < -0.3 is 20.1 Å². The molecule has 0 amide bonds. The van der Waals surface area contributed by atoms with Gasteiger partial charge in [0.1, 0.15) is 6.61 Å². The fourth-order valence-electron chi connectivity index (χ4n) is 9.90. The first-order valence-electron chi connectivity index (χ1n) is 33.9. The van der Waals surface area contributed by atoms with Crippen LogP contribution in [0.2, 0.25) is 0 Å². The van der Waals surface area contributed by atoms with Crippen molar-refractivity contribution in [1.29, 1.82) is 0 Å². The average molecular weight is 1140 g/mol. The van der Waals surface area contributed by atoms with Crippen molar-refractivity contribution in [3.8, 4) is 0 Å². The molecule has 0 fully saturated rings. The highest BCUT2D eigenvalue weighted by molar-refractivity contribution is 7.47. The Labute approximate surface area is 494 Å². The van der Waals surface area contributed by atoms with Gasteiger partial charge in [0.15, 0.2) is 6.10 Å². The number of carbonyl (C=O) groups excluding carboxylic acids is 2. The quantitative estimate of drug-likeness (QED) is 0.0264. The number of rotatable bonds is 64. The number of hydrogen-bond acceptors (Lipinski definition) is 8. The zero-order valence-electron chi connectivity index (χ0n) is 52.3. The van der Waals surface area contributed by atoms with E-state index in [1.54, 1.807) is 0 Å². The first kappa shape index (κ1) is 77.5. The first-order chi connectivity index (χ1) is 39.3. The molecule has 0 heterocycles. The van der Waals surface area contributed by atoms with Crippen molar-refractivity contribution in [2.45, 2.75) is 335 Å². The van der Waals surface area contributed by atoms with Gasteiger partial charge in [-0.1, -0.05) is 337 Å². The van der Waals surface area contributed by atoms with E-state index in [2.05, 4.69) is 74.6 Å². The summed E-state index contributed by atoms with van der Waals surface area (Å²) in [4.78, 5) is 35.2. The molecule has 3 N–H and O–H groups in total. The van der Waals surface area contributed by atoms with Crippen LogP contribution in [0.25, 0.3) is 0 Å². The summed E-state index contributed by atoms with van der Waals surface area (Å²) in [7, 11) is -4.41. The van der Waals surface area contributed by atoms with Gasteiger partial charge in [-0.3, -0.25) is 18.6 Å². The van der Waals surface area contributed by atoms with Gasteiger partial charge in [-0.25, -0.2) is 4.57 Å². The summed E-state index contributed by atoms with van der Waals surface area (Å²) in [6.45, 7) is 3.58. The van der Waals surface area contributed by atoms with Crippen LogP contribution in [-0.4, -0.2) is 49.3 Å². The van der Waals surface area contributed by atoms with Crippen molar-refractivity contribution >= 4 is 19.8 Å². The summed E-state index contributed by atoms with van der Waals surface area (Å²) in [5.74, 6) is -0.917. The molecule has 0 spiro atoms. The number of phosphoric acid groups is 1. The van der Waals surface area contributed by atoms with Crippen LogP contribution < -0.4 is 5.73 Å². The molecule has 0 aromatic heterocycles. The summed E-state index contributed by atoms with van der Waals surface area (Å²) in [6, 6.07) is 0. The summed E-state index contributed by atoms with van der Waals surface area (Å²) in [5.41, 5.74) is 5.38.